The zero-order valence-corrected chi connectivity index (χ0v) is 21.2. The predicted molar refractivity (Wildman–Crippen MR) is 139 cm³/mol. The molecular formula is C29H35N2O5+. The first-order valence-corrected chi connectivity index (χ1v) is 12.2. The maximum absolute atomic E-state index is 12.8. The number of ether oxygens (including phenoxy) is 3. The fourth-order valence-corrected chi connectivity index (χ4v) is 4.23. The molecule has 0 radical (unpaired) electrons. The predicted octanol–water partition coefficient (Wildman–Crippen LogP) is 4.80. The minimum absolute atomic E-state index is 0.271. The van der Waals surface area contributed by atoms with Crippen molar-refractivity contribution in [3.05, 3.63) is 90.0 Å². The van der Waals surface area contributed by atoms with Crippen molar-refractivity contribution in [1.29, 1.82) is 0 Å². The van der Waals surface area contributed by atoms with Crippen molar-refractivity contribution < 1.29 is 28.6 Å². The van der Waals surface area contributed by atoms with Gasteiger partial charge < -0.3 is 23.8 Å². The number of nitrogens with zero attached hydrogens (tertiary/aromatic N) is 2. The number of carbonyl (C=O) groups is 1. The average Bonchev–Trinajstić information content (AvgIpc) is 3.22. The second-order valence-electron chi connectivity index (χ2n) is 9.97. The van der Waals surface area contributed by atoms with Gasteiger partial charge in [0, 0.05) is 12.1 Å². The Kier molecular flexibility index (Phi) is 8.13. The van der Waals surface area contributed by atoms with Gasteiger partial charge in [-0.2, -0.15) is 0 Å². The lowest BCUT2D eigenvalue weighted by atomic mass is 10.0. The summed E-state index contributed by atoms with van der Waals surface area (Å²) in [5, 5.41) is 9.92. The van der Waals surface area contributed by atoms with Crippen molar-refractivity contribution in [2.75, 3.05) is 45.8 Å². The van der Waals surface area contributed by atoms with Crippen molar-refractivity contribution in [1.82, 2.24) is 0 Å². The standard InChI is InChI=1S/C29H35N2O5/c1-31(2,3)18-7-19-34-25-16-12-24(13-17-25)30-28(27(20-32)36-29(30)33)23-10-14-26(15-11-23)35-21-22-8-5-4-6-9-22/h4-6,8-17,27-28,32H,7,18-21H2,1-3H3/q+1. The van der Waals surface area contributed by atoms with Crippen LogP contribution in [0, 0.1) is 0 Å². The second-order valence-corrected chi connectivity index (χ2v) is 9.97. The van der Waals surface area contributed by atoms with Crippen LogP contribution in [0.4, 0.5) is 10.5 Å². The molecule has 4 rings (SSSR count). The van der Waals surface area contributed by atoms with E-state index in [9.17, 15) is 9.90 Å². The number of rotatable bonds is 11. The smallest absolute Gasteiger partial charge is 0.415 e. The van der Waals surface area contributed by atoms with Gasteiger partial charge in [-0.05, 0) is 47.5 Å². The van der Waals surface area contributed by atoms with E-state index in [-0.39, 0.29) is 6.61 Å². The van der Waals surface area contributed by atoms with Gasteiger partial charge in [0.05, 0.1) is 40.9 Å². The number of carbonyl (C=O) groups excluding carboxylic acids is 1. The Bertz CT molecular complexity index is 1110. The van der Waals surface area contributed by atoms with Crippen molar-refractivity contribution in [2.45, 2.75) is 25.2 Å². The zero-order valence-electron chi connectivity index (χ0n) is 21.2. The highest BCUT2D eigenvalue weighted by molar-refractivity contribution is 5.91. The van der Waals surface area contributed by atoms with Gasteiger partial charge in [0.25, 0.3) is 0 Å². The monoisotopic (exact) mass is 491 g/mol. The molecule has 3 aromatic carbocycles. The molecule has 0 aliphatic carbocycles. The van der Waals surface area contributed by atoms with Crippen LogP contribution >= 0.6 is 0 Å². The number of amides is 1. The Hall–Kier alpha value is -3.55. The van der Waals surface area contributed by atoms with E-state index in [1.165, 1.54) is 0 Å². The highest BCUT2D eigenvalue weighted by Gasteiger charge is 2.43. The molecule has 1 N–H and O–H groups in total. The number of cyclic esters (lactones) is 1. The van der Waals surface area contributed by atoms with Gasteiger partial charge in [0.2, 0.25) is 0 Å². The molecule has 1 heterocycles. The van der Waals surface area contributed by atoms with E-state index in [1.54, 1.807) is 4.90 Å². The number of anilines is 1. The number of hydrogen-bond acceptors (Lipinski definition) is 5. The highest BCUT2D eigenvalue weighted by Crippen LogP contribution is 2.38. The van der Waals surface area contributed by atoms with Gasteiger partial charge in [-0.25, -0.2) is 4.79 Å². The molecule has 0 aromatic heterocycles. The highest BCUT2D eigenvalue weighted by atomic mass is 16.6. The molecule has 3 aromatic rings. The first kappa shape index (κ1) is 25.5. The normalized spacial score (nSPS) is 17.7. The zero-order chi connectivity index (χ0) is 25.5. The summed E-state index contributed by atoms with van der Waals surface area (Å²) >= 11 is 0. The molecule has 1 amide bonds. The molecule has 2 atom stereocenters. The van der Waals surface area contributed by atoms with Gasteiger partial charge >= 0.3 is 6.09 Å². The van der Waals surface area contributed by atoms with E-state index >= 15 is 0 Å². The fourth-order valence-electron chi connectivity index (χ4n) is 4.23. The molecule has 7 nitrogen and oxygen atoms in total. The lowest BCUT2D eigenvalue weighted by molar-refractivity contribution is -0.870. The van der Waals surface area contributed by atoms with E-state index in [0.717, 1.165) is 40.1 Å². The third-order valence-corrected chi connectivity index (χ3v) is 6.09. The van der Waals surface area contributed by atoms with Crippen LogP contribution in [0.5, 0.6) is 11.5 Å². The molecule has 0 saturated carbocycles. The molecule has 2 unspecified atom stereocenters. The number of benzene rings is 3. The topological polar surface area (TPSA) is 68.2 Å². The number of aliphatic hydroxyl groups excluding tert-OH is 1. The van der Waals surface area contributed by atoms with Crippen LogP contribution in [0.3, 0.4) is 0 Å². The van der Waals surface area contributed by atoms with Crippen LogP contribution in [-0.2, 0) is 11.3 Å². The number of aliphatic hydroxyl groups is 1. The van der Waals surface area contributed by atoms with E-state index in [1.807, 2.05) is 78.9 Å². The van der Waals surface area contributed by atoms with Gasteiger partial charge in [-0.3, -0.25) is 4.90 Å². The van der Waals surface area contributed by atoms with Crippen molar-refractivity contribution in [2.24, 2.45) is 0 Å². The molecule has 7 heteroatoms. The van der Waals surface area contributed by atoms with Crippen LogP contribution in [-0.4, -0.2) is 62.7 Å². The lowest BCUT2D eigenvalue weighted by Gasteiger charge is -2.25. The van der Waals surface area contributed by atoms with E-state index in [0.29, 0.717) is 18.9 Å². The molecule has 1 aliphatic heterocycles. The molecule has 190 valence electrons. The van der Waals surface area contributed by atoms with Gasteiger partial charge in [-0.15, -0.1) is 0 Å². The Morgan fingerprint density at radius 3 is 2.17 bits per heavy atom. The van der Waals surface area contributed by atoms with Crippen molar-refractivity contribution >= 4 is 11.8 Å². The molecule has 0 bridgehead atoms. The summed E-state index contributed by atoms with van der Waals surface area (Å²) in [4.78, 5) is 14.4. The first-order chi connectivity index (χ1) is 17.3. The van der Waals surface area contributed by atoms with Crippen LogP contribution in [0.15, 0.2) is 78.9 Å². The molecule has 1 saturated heterocycles. The van der Waals surface area contributed by atoms with Gasteiger partial charge in [0.1, 0.15) is 24.1 Å². The number of hydrogen-bond donors (Lipinski definition) is 1. The van der Waals surface area contributed by atoms with E-state index < -0.39 is 18.2 Å². The summed E-state index contributed by atoms with van der Waals surface area (Å²) in [6.07, 6.45) is -0.199. The largest absolute Gasteiger partial charge is 0.493 e. The molecular weight excluding hydrogens is 456 g/mol. The SMILES string of the molecule is C[N+](C)(C)CCCOc1ccc(N2C(=O)OC(CO)C2c2ccc(OCc3ccccc3)cc2)cc1. The van der Waals surface area contributed by atoms with Gasteiger partial charge in [0.15, 0.2) is 6.10 Å². The first-order valence-electron chi connectivity index (χ1n) is 12.2. The summed E-state index contributed by atoms with van der Waals surface area (Å²) in [5.41, 5.74) is 2.63. The Morgan fingerprint density at radius 2 is 1.53 bits per heavy atom. The minimum Gasteiger partial charge on any atom is -0.493 e. The summed E-state index contributed by atoms with van der Waals surface area (Å²) in [6, 6.07) is 24.5. The van der Waals surface area contributed by atoms with Crippen LogP contribution < -0.4 is 14.4 Å². The third kappa shape index (κ3) is 6.56. The van der Waals surface area contributed by atoms with E-state index in [4.69, 9.17) is 14.2 Å². The van der Waals surface area contributed by atoms with Crippen LogP contribution in [0.2, 0.25) is 0 Å². The summed E-state index contributed by atoms with van der Waals surface area (Å²) in [7, 11) is 6.47. The van der Waals surface area contributed by atoms with Crippen molar-refractivity contribution in [3.8, 4) is 11.5 Å². The molecule has 0 spiro atoms. The fraction of sp³-hybridized carbons (Fsp3) is 0.345. The summed E-state index contributed by atoms with van der Waals surface area (Å²) in [6.45, 7) is 1.86. The average molecular weight is 492 g/mol. The Morgan fingerprint density at radius 1 is 0.889 bits per heavy atom. The van der Waals surface area contributed by atoms with Crippen LogP contribution in [0.1, 0.15) is 23.6 Å². The molecule has 1 aliphatic rings. The van der Waals surface area contributed by atoms with Crippen LogP contribution in [0.25, 0.3) is 0 Å². The maximum Gasteiger partial charge on any atom is 0.415 e. The lowest BCUT2D eigenvalue weighted by Crippen LogP contribution is -2.35. The van der Waals surface area contributed by atoms with E-state index in [2.05, 4.69) is 21.1 Å². The Labute approximate surface area is 213 Å². The summed E-state index contributed by atoms with van der Waals surface area (Å²) in [5.74, 6) is 1.48. The minimum atomic E-state index is -0.667. The Balaban J connectivity index is 1.43. The third-order valence-electron chi connectivity index (χ3n) is 6.09. The quantitative estimate of drug-likeness (QED) is 0.308. The molecule has 1 fully saturated rings. The molecule has 36 heavy (non-hydrogen) atoms. The van der Waals surface area contributed by atoms with Gasteiger partial charge in [-0.1, -0.05) is 42.5 Å². The maximum atomic E-state index is 12.8. The summed E-state index contributed by atoms with van der Waals surface area (Å²) < 4.78 is 18.2. The number of quaternary nitrogens is 1. The van der Waals surface area contributed by atoms with Crippen molar-refractivity contribution in [3.63, 3.8) is 0 Å². The second kappa shape index (κ2) is 11.5.